The minimum atomic E-state index is -3.18. The summed E-state index contributed by atoms with van der Waals surface area (Å²) in [7, 11) is -3.18. The van der Waals surface area contributed by atoms with Gasteiger partial charge < -0.3 is 5.32 Å². The lowest BCUT2D eigenvalue weighted by Crippen LogP contribution is -2.54. The third kappa shape index (κ3) is 6.02. The second-order valence-electron chi connectivity index (χ2n) is 7.44. The molecule has 6 nitrogen and oxygen atoms in total. The van der Waals surface area contributed by atoms with E-state index in [4.69, 9.17) is 0 Å². The van der Waals surface area contributed by atoms with Crippen molar-refractivity contribution in [3.8, 4) is 0 Å². The molecule has 1 aliphatic rings. The maximum Gasteiger partial charge on any atom is 0.241 e. The smallest absolute Gasteiger partial charge is 0.241 e. The van der Waals surface area contributed by atoms with Crippen molar-refractivity contribution in [2.75, 3.05) is 37.2 Å². The molecule has 0 bridgehead atoms. The molecule has 1 unspecified atom stereocenters. The molecular weight excluding hydrogens is 362 g/mol. The van der Waals surface area contributed by atoms with E-state index >= 15 is 0 Å². The van der Waals surface area contributed by atoms with Gasteiger partial charge in [0.15, 0.2) is 0 Å². The van der Waals surface area contributed by atoms with E-state index in [1.165, 1.54) is 0 Å². The first-order chi connectivity index (χ1) is 12.7. The Labute approximate surface area is 164 Å². The normalized spacial score (nSPS) is 17.6. The Morgan fingerprint density at radius 3 is 2.44 bits per heavy atom. The number of unbranched alkanes of at least 4 members (excludes halogenated alkanes) is 2. The quantitative estimate of drug-likeness (QED) is 0.687. The summed E-state index contributed by atoms with van der Waals surface area (Å²) >= 11 is 0. The number of carbonyl (C=O) groups is 1. The van der Waals surface area contributed by atoms with E-state index in [9.17, 15) is 13.2 Å². The average molecular weight is 396 g/mol. The minimum absolute atomic E-state index is 0.0528. The summed E-state index contributed by atoms with van der Waals surface area (Å²) < 4.78 is 26.4. The Morgan fingerprint density at radius 1 is 1.15 bits per heavy atom. The van der Waals surface area contributed by atoms with Crippen LogP contribution in [-0.2, 0) is 14.8 Å². The summed E-state index contributed by atoms with van der Waals surface area (Å²) in [5.74, 6) is 0.173. The van der Waals surface area contributed by atoms with Gasteiger partial charge in [-0.15, -0.1) is 0 Å². The molecule has 0 aliphatic carbocycles. The summed E-state index contributed by atoms with van der Waals surface area (Å²) in [6, 6.07) is 5.70. The number of sulfonamides is 1. The molecule has 0 spiro atoms. The van der Waals surface area contributed by atoms with Gasteiger partial charge in [0.05, 0.1) is 11.8 Å². The van der Waals surface area contributed by atoms with Gasteiger partial charge in [0.25, 0.3) is 0 Å². The zero-order valence-corrected chi connectivity index (χ0v) is 17.8. The Hall–Kier alpha value is -1.44. The summed E-state index contributed by atoms with van der Waals surface area (Å²) in [4.78, 5) is 14.7. The van der Waals surface area contributed by atoms with E-state index in [2.05, 4.69) is 17.1 Å². The van der Waals surface area contributed by atoms with E-state index in [-0.39, 0.29) is 17.7 Å². The first-order valence-corrected chi connectivity index (χ1v) is 11.5. The monoisotopic (exact) mass is 395 g/mol. The fourth-order valence-corrected chi connectivity index (χ4v) is 4.85. The van der Waals surface area contributed by atoms with Gasteiger partial charge in [-0.25, -0.2) is 8.42 Å². The Kier molecular flexibility index (Phi) is 7.82. The van der Waals surface area contributed by atoms with Crippen molar-refractivity contribution in [3.05, 3.63) is 29.3 Å². The molecule has 1 N–H and O–H groups in total. The van der Waals surface area contributed by atoms with Gasteiger partial charge in [0.1, 0.15) is 0 Å². The second-order valence-corrected chi connectivity index (χ2v) is 9.53. The molecule has 1 aromatic carbocycles. The van der Waals surface area contributed by atoms with Crippen LogP contribution in [0.25, 0.3) is 0 Å². The van der Waals surface area contributed by atoms with Crippen molar-refractivity contribution < 1.29 is 13.2 Å². The molecule has 1 heterocycles. The standard InChI is InChI=1S/C20H33N3O3S/c1-5-6-7-14-27(25,26)23-12-10-22(11-13-23)18(4)20(24)21-19-15-16(2)8-9-17(19)3/h8-9,15,18H,5-7,10-14H2,1-4H3,(H,21,24). The van der Waals surface area contributed by atoms with Crippen LogP contribution in [0.1, 0.15) is 44.2 Å². The number of carbonyl (C=O) groups excluding carboxylic acids is 1. The topological polar surface area (TPSA) is 69.7 Å². The van der Waals surface area contributed by atoms with Crippen molar-refractivity contribution in [1.29, 1.82) is 0 Å². The predicted molar refractivity (Wildman–Crippen MR) is 110 cm³/mol. The van der Waals surface area contributed by atoms with E-state index in [0.717, 1.165) is 29.7 Å². The van der Waals surface area contributed by atoms with Gasteiger partial charge in [-0.05, 0) is 44.4 Å². The molecule has 1 fully saturated rings. The van der Waals surface area contributed by atoms with E-state index in [1.807, 2.05) is 39.0 Å². The van der Waals surface area contributed by atoms with Gasteiger partial charge >= 0.3 is 0 Å². The molecule has 2 rings (SSSR count). The molecule has 0 aromatic heterocycles. The van der Waals surface area contributed by atoms with Gasteiger partial charge in [0, 0.05) is 31.9 Å². The SMILES string of the molecule is CCCCCS(=O)(=O)N1CCN(C(C)C(=O)Nc2cc(C)ccc2C)CC1. The highest BCUT2D eigenvalue weighted by atomic mass is 32.2. The Bertz CT molecular complexity index is 741. The van der Waals surface area contributed by atoms with E-state index in [1.54, 1.807) is 4.31 Å². The maximum absolute atomic E-state index is 12.6. The van der Waals surface area contributed by atoms with Crippen LogP contribution in [0.15, 0.2) is 18.2 Å². The highest BCUT2D eigenvalue weighted by molar-refractivity contribution is 7.89. The maximum atomic E-state index is 12.6. The molecule has 0 radical (unpaired) electrons. The molecule has 1 saturated heterocycles. The molecule has 152 valence electrons. The molecular formula is C20H33N3O3S. The van der Waals surface area contributed by atoms with Crippen LogP contribution in [0.2, 0.25) is 0 Å². The molecule has 0 saturated carbocycles. The van der Waals surface area contributed by atoms with Crippen molar-refractivity contribution in [1.82, 2.24) is 9.21 Å². The van der Waals surface area contributed by atoms with E-state index in [0.29, 0.717) is 32.6 Å². The third-order valence-electron chi connectivity index (χ3n) is 5.25. The highest BCUT2D eigenvalue weighted by Crippen LogP contribution is 2.18. The number of benzene rings is 1. The predicted octanol–water partition coefficient (Wildman–Crippen LogP) is 2.77. The first-order valence-electron chi connectivity index (χ1n) is 9.84. The molecule has 1 aromatic rings. The summed E-state index contributed by atoms with van der Waals surface area (Å²) in [5.41, 5.74) is 2.97. The van der Waals surface area contributed by atoms with Crippen LogP contribution >= 0.6 is 0 Å². The fourth-order valence-electron chi connectivity index (χ4n) is 3.31. The summed E-state index contributed by atoms with van der Waals surface area (Å²) in [6.07, 6.45) is 2.67. The molecule has 1 amide bonds. The lowest BCUT2D eigenvalue weighted by Gasteiger charge is -2.36. The van der Waals surface area contributed by atoms with Gasteiger partial charge in [-0.2, -0.15) is 4.31 Å². The van der Waals surface area contributed by atoms with E-state index < -0.39 is 10.0 Å². The number of aryl methyl sites for hydroxylation is 2. The number of nitrogens with zero attached hydrogens (tertiary/aromatic N) is 2. The second kappa shape index (κ2) is 9.66. The van der Waals surface area contributed by atoms with Crippen molar-refractivity contribution in [2.24, 2.45) is 0 Å². The summed E-state index contributed by atoms with van der Waals surface area (Å²) in [5, 5.41) is 3.01. The van der Waals surface area contributed by atoms with Gasteiger partial charge in [0.2, 0.25) is 15.9 Å². The zero-order valence-electron chi connectivity index (χ0n) is 17.0. The third-order valence-corrected chi connectivity index (χ3v) is 7.21. The number of rotatable bonds is 8. The summed E-state index contributed by atoms with van der Waals surface area (Å²) in [6.45, 7) is 9.98. The van der Waals surface area contributed by atoms with Crippen LogP contribution in [-0.4, -0.2) is 61.5 Å². The molecule has 1 aliphatic heterocycles. The van der Waals surface area contributed by atoms with Crippen LogP contribution in [0.3, 0.4) is 0 Å². The number of hydrogen-bond donors (Lipinski definition) is 1. The molecule has 1 atom stereocenters. The molecule has 27 heavy (non-hydrogen) atoms. The average Bonchev–Trinajstić information content (AvgIpc) is 2.64. The van der Waals surface area contributed by atoms with Crippen molar-refractivity contribution in [3.63, 3.8) is 0 Å². The highest BCUT2D eigenvalue weighted by Gasteiger charge is 2.30. The lowest BCUT2D eigenvalue weighted by molar-refractivity contribution is -0.121. The number of anilines is 1. The number of amides is 1. The number of hydrogen-bond acceptors (Lipinski definition) is 4. The fraction of sp³-hybridized carbons (Fsp3) is 0.650. The molecule has 7 heteroatoms. The van der Waals surface area contributed by atoms with Crippen LogP contribution < -0.4 is 5.32 Å². The minimum Gasteiger partial charge on any atom is -0.324 e. The number of nitrogens with one attached hydrogen (secondary N) is 1. The van der Waals surface area contributed by atoms with Crippen molar-refractivity contribution >= 4 is 21.6 Å². The number of piperazine rings is 1. The van der Waals surface area contributed by atoms with Gasteiger partial charge in [-0.3, -0.25) is 9.69 Å². The van der Waals surface area contributed by atoms with Crippen molar-refractivity contribution in [2.45, 2.75) is 53.0 Å². The Morgan fingerprint density at radius 2 is 1.81 bits per heavy atom. The van der Waals surface area contributed by atoms with Crippen LogP contribution in [0.5, 0.6) is 0 Å². The van der Waals surface area contributed by atoms with Crippen LogP contribution in [0.4, 0.5) is 5.69 Å². The lowest BCUT2D eigenvalue weighted by atomic mass is 10.1. The van der Waals surface area contributed by atoms with Crippen LogP contribution in [0, 0.1) is 13.8 Å². The zero-order chi connectivity index (χ0) is 20.0. The van der Waals surface area contributed by atoms with Gasteiger partial charge in [-0.1, -0.05) is 31.9 Å². The largest absolute Gasteiger partial charge is 0.324 e. The Balaban J connectivity index is 1.89. The first kappa shape index (κ1) is 21.9.